The van der Waals surface area contributed by atoms with E-state index in [0.29, 0.717) is 29.2 Å². The molecule has 34 heavy (non-hydrogen) atoms. The van der Waals surface area contributed by atoms with Crippen LogP contribution >= 0.6 is 0 Å². The number of phenols is 1. The number of benzene rings is 3. The van der Waals surface area contributed by atoms with Gasteiger partial charge in [0, 0.05) is 11.3 Å². The van der Waals surface area contributed by atoms with Crippen LogP contribution in [0.4, 0.5) is 5.69 Å². The maximum absolute atomic E-state index is 13.3. The van der Waals surface area contributed by atoms with Crippen molar-refractivity contribution in [2.45, 2.75) is 33.2 Å². The first-order chi connectivity index (χ1) is 16.3. The van der Waals surface area contributed by atoms with Crippen molar-refractivity contribution in [2.24, 2.45) is 0 Å². The Labute approximate surface area is 198 Å². The molecule has 0 radical (unpaired) electrons. The zero-order valence-electron chi connectivity index (χ0n) is 19.4. The smallest absolute Gasteiger partial charge is 0.300 e. The first-order valence-corrected chi connectivity index (χ1v) is 11.2. The summed E-state index contributed by atoms with van der Waals surface area (Å²) in [5, 5.41) is 21.4. The van der Waals surface area contributed by atoms with Crippen LogP contribution in [0.1, 0.15) is 41.6 Å². The normalized spacial score (nSPS) is 17.3. The number of anilines is 1. The first kappa shape index (κ1) is 23.1. The second-order valence-corrected chi connectivity index (χ2v) is 8.38. The van der Waals surface area contributed by atoms with Gasteiger partial charge in [0.25, 0.3) is 11.7 Å². The van der Waals surface area contributed by atoms with Crippen molar-refractivity contribution in [3.8, 4) is 11.5 Å². The molecule has 1 amide bonds. The van der Waals surface area contributed by atoms with E-state index in [2.05, 4.69) is 0 Å². The molecule has 1 saturated heterocycles. The second-order valence-electron chi connectivity index (χ2n) is 8.38. The molecule has 0 saturated carbocycles. The number of rotatable bonds is 6. The van der Waals surface area contributed by atoms with Crippen molar-refractivity contribution >= 4 is 23.1 Å². The van der Waals surface area contributed by atoms with E-state index in [4.69, 9.17) is 4.74 Å². The number of aliphatic hydroxyl groups excluding tert-OH is 1. The van der Waals surface area contributed by atoms with Crippen molar-refractivity contribution in [3.05, 3.63) is 94.6 Å². The fraction of sp³-hybridized carbons (Fsp3) is 0.214. The van der Waals surface area contributed by atoms with Gasteiger partial charge in [0.2, 0.25) is 0 Å². The van der Waals surface area contributed by atoms with Crippen LogP contribution in [0, 0.1) is 13.8 Å². The summed E-state index contributed by atoms with van der Waals surface area (Å²) in [6.45, 7) is 6.31. The number of carbonyl (C=O) groups excluding carboxylic acids is 2. The maximum Gasteiger partial charge on any atom is 0.300 e. The van der Waals surface area contributed by atoms with Crippen LogP contribution < -0.4 is 9.64 Å². The van der Waals surface area contributed by atoms with Gasteiger partial charge in [0.15, 0.2) is 0 Å². The number of hydrogen-bond acceptors (Lipinski definition) is 5. The van der Waals surface area contributed by atoms with Gasteiger partial charge in [0.1, 0.15) is 17.3 Å². The van der Waals surface area contributed by atoms with Crippen LogP contribution in [0.25, 0.3) is 5.76 Å². The van der Waals surface area contributed by atoms with Gasteiger partial charge in [-0.05, 0) is 73.4 Å². The van der Waals surface area contributed by atoms with Crippen molar-refractivity contribution in [1.29, 1.82) is 0 Å². The number of ketones is 1. The summed E-state index contributed by atoms with van der Waals surface area (Å²) in [6, 6.07) is 17.9. The monoisotopic (exact) mass is 457 g/mol. The number of nitrogens with zero attached hydrogens (tertiary/aromatic N) is 1. The summed E-state index contributed by atoms with van der Waals surface area (Å²) < 4.78 is 5.72. The predicted molar refractivity (Wildman–Crippen MR) is 131 cm³/mol. The van der Waals surface area contributed by atoms with E-state index in [1.807, 2.05) is 32.9 Å². The van der Waals surface area contributed by atoms with Gasteiger partial charge in [-0.2, -0.15) is 0 Å². The zero-order chi connectivity index (χ0) is 24.4. The minimum Gasteiger partial charge on any atom is -0.508 e. The lowest BCUT2D eigenvalue weighted by atomic mass is 9.94. The fourth-order valence-corrected chi connectivity index (χ4v) is 4.25. The van der Waals surface area contributed by atoms with Crippen molar-refractivity contribution in [1.82, 2.24) is 0 Å². The summed E-state index contributed by atoms with van der Waals surface area (Å²) >= 11 is 0. The minimum atomic E-state index is -0.899. The van der Waals surface area contributed by atoms with E-state index in [1.54, 1.807) is 42.5 Å². The number of amides is 1. The third-order valence-electron chi connectivity index (χ3n) is 5.92. The topological polar surface area (TPSA) is 87.1 Å². The van der Waals surface area contributed by atoms with Crippen LogP contribution in [-0.2, 0) is 9.59 Å². The Balaban J connectivity index is 1.90. The van der Waals surface area contributed by atoms with Gasteiger partial charge in [-0.15, -0.1) is 0 Å². The summed E-state index contributed by atoms with van der Waals surface area (Å²) in [5.74, 6) is -1.08. The quantitative estimate of drug-likeness (QED) is 0.293. The molecule has 6 nitrogen and oxygen atoms in total. The predicted octanol–water partition coefficient (Wildman–Crippen LogP) is 5.42. The van der Waals surface area contributed by atoms with E-state index in [1.165, 1.54) is 17.0 Å². The Bertz CT molecular complexity index is 1290. The molecule has 0 aromatic heterocycles. The van der Waals surface area contributed by atoms with Crippen LogP contribution in [0.5, 0.6) is 11.5 Å². The van der Waals surface area contributed by atoms with Gasteiger partial charge in [-0.3, -0.25) is 14.5 Å². The van der Waals surface area contributed by atoms with Gasteiger partial charge in [-0.1, -0.05) is 37.3 Å². The Hall–Kier alpha value is -4.06. The third-order valence-corrected chi connectivity index (χ3v) is 5.92. The molecule has 1 atom stereocenters. The van der Waals surface area contributed by atoms with Crippen LogP contribution in [0.3, 0.4) is 0 Å². The Morgan fingerprint density at radius 3 is 2.41 bits per heavy atom. The number of ether oxygens (including phenoxy) is 1. The van der Waals surface area contributed by atoms with Gasteiger partial charge in [-0.25, -0.2) is 0 Å². The molecular formula is C28H27NO5. The number of carbonyl (C=O) groups is 2. The minimum absolute atomic E-state index is 0.00106. The number of para-hydroxylation sites is 1. The Morgan fingerprint density at radius 2 is 1.74 bits per heavy atom. The largest absolute Gasteiger partial charge is 0.508 e. The van der Waals surface area contributed by atoms with Gasteiger partial charge >= 0.3 is 0 Å². The summed E-state index contributed by atoms with van der Waals surface area (Å²) in [5.41, 5.74) is 3.08. The van der Waals surface area contributed by atoms with Crippen molar-refractivity contribution < 1.29 is 24.5 Å². The average molecular weight is 458 g/mol. The highest BCUT2D eigenvalue weighted by molar-refractivity contribution is 6.51. The molecule has 1 aliphatic rings. The molecule has 4 rings (SSSR count). The van der Waals surface area contributed by atoms with Gasteiger partial charge in [0.05, 0.1) is 18.2 Å². The van der Waals surface area contributed by atoms with Crippen LogP contribution in [0.15, 0.2) is 72.3 Å². The lowest BCUT2D eigenvalue weighted by Crippen LogP contribution is -2.30. The molecule has 0 bridgehead atoms. The molecule has 6 heteroatoms. The highest BCUT2D eigenvalue weighted by Gasteiger charge is 2.47. The van der Waals surface area contributed by atoms with Crippen molar-refractivity contribution in [2.75, 3.05) is 11.5 Å². The summed E-state index contributed by atoms with van der Waals surface area (Å²) in [7, 11) is 0. The molecular weight excluding hydrogens is 430 g/mol. The van der Waals surface area contributed by atoms with E-state index in [0.717, 1.165) is 17.5 Å². The number of Topliss-reactive ketones (excluding diaryl/α,β-unsaturated/α-hetero) is 1. The molecule has 174 valence electrons. The molecule has 3 aromatic rings. The standard InChI is InChI=1S/C28H27NO5/c1-4-14-34-23-13-12-20(15-18(23)3)26(31)24-25(19-9-7-10-21(30)16-19)29(28(33)27(24)32)22-11-6-5-8-17(22)2/h5-13,15-16,25,30-31H,4,14H2,1-3H3/b26-24-. The molecule has 1 heterocycles. The summed E-state index contributed by atoms with van der Waals surface area (Å²) in [4.78, 5) is 27.9. The molecule has 1 aliphatic heterocycles. The SMILES string of the molecule is CCCOc1ccc(/C(O)=C2/C(=O)C(=O)N(c3ccccc3C)C2c2cccc(O)c2)cc1C. The number of aliphatic hydroxyl groups is 1. The van der Waals surface area contributed by atoms with E-state index < -0.39 is 17.7 Å². The fourth-order valence-electron chi connectivity index (χ4n) is 4.25. The average Bonchev–Trinajstić information content (AvgIpc) is 3.08. The highest BCUT2D eigenvalue weighted by Crippen LogP contribution is 2.43. The van der Waals surface area contributed by atoms with E-state index in [9.17, 15) is 19.8 Å². The molecule has 2 N–H and O–H groups in total. The van der Waals surface area contributed by atoms with Crippen LogP contribution in [0.2, 0.25) is 0 Å². The number of aromatic hydroxyl groups is 1. The highest BCUT2D eigenvalue weighted by atomic mass is 16.5. The molecule has 3 aromatic carbocycles. The number of hydrogen-bond donors (Lipinski definition) is 2. The van der Waals surface area contributed by atoms with E-state index >= 15 is 0 Å². The second kappa shape index (κ2) is 9.43. The first-order valence-electron chi connectivity index (χ1n) is 11.2. The lowest BCUT2D eigenvalue weighted by Gasteiger charge is -2.27. The van der Waals surface area contributed by atoms with E-state index in [-0.39, 0.29) is 17.1 Å². The molecule has 1 fully saturated rings. The lowest BCUT2D eigenvalue weighted by molar-refractivity contribution is -0.132. The molecule has 0 spiro atoms. The Morgan fingerprint density at radius 1 is 0.971 bits per heavy atom. The Kier molecular flexibility index (Phi) is 6.41. The summed E-state index contributed by atoms with van der Waals surface area (Å²) in [6.07, 6.45) is 0.868. The maximum atomic E-state index is 13.3. The number of phenolic OH excluding ortho intramolecular Hbond substituents is 1. The van der Waals surface area contributed by atoms with Crippen molar-refractivity contribution in [3.63, 3.8) is 0 Å². The number of aryl methyl sites for hydroxylation is 2. The third kappa shape index (κ3) is 4.15. The molecule has 1 unspecified atom stereocenters. The van der Waals surface area contributed by atoms with Gasteiger partial charge < -0.3 is 14.9 Å². The zero-order valence-corrected chi connectivity index (χ0v) is 19.4. The van der Waals surface area contributed by atoms with Crippen LogP contribution in [-0.4, -0.2) is 28.5 Å². The molecule has 0 aliphatic carbocycles.